The van der Waals surface area contributed by atoms with Crippen molar-refractivity contribution < 1.29 is 23.9 Å². The Morgan fingerprint density at radius 2 is 1.96 bits per heavy atom. The van der Waals surface area contributed by atoms with Gasteiger partial charge in [-0.15, -0.1) is 11.3 Å². The van der Waals surface area contributed by atoms with E-state index in [4.69, 9.17) is 9.47 Å². The molecule has 0 N–H and O–H groups in total. The molecule has 2 unspecified atom stereocenters. The molecule has 0 saturated carbocycles. The van der Waals surface area contributed by atoms with Gasteiger partial charge >= 0.3 is 12.1 Å². The Hall–Kier alpha value is -1.89. The number of methoxy groups -OCH3 is 1. The molecule has 2 rings (SSSR count). The predicted octanol–water partition coefficient (Wildman–Crippen LogP) is 4.09. The number of hydrogen-bond acceptors (Lipinski definition) is 6. The molecule has 7 heteroatoms. The van der Waals surface area contributed by atoms with Crippen LogP contribution in [0.15, 0.2) is 12.1 Å². The maximum absolute atomic E-state index is 12.5. The number of rotatable bonds is 5. The highest BCUT2D eigenvalue weighted by Gasteiger charge is 2.37. The summed E-state index contributed by atoms with van der Waals surface area (Å²) in [5.74, 6) is -0.864. The Balaban J connectivity index is 2.20. The first-order valence-electron chi connectivity index (χ1n) is 9.30. The van der Waals surface area contributed by atoms with E-state index in [2.05, 4.69) is 26.8 Å². The lowest BCUT2D eigenvalue weighted by Gasteiger charge is -2.37. The van der Waals surface area contributed by atoms with Crippen molar-refractivity contribution in [3.63, 3.8) is 0 Å². The Morgan fingerprint density at radius 1 is 1.26 bits per heavy atom. The molecule has 150 valence electrons. The first-order valence-corrected chi connectivity index (χ1v) is 10.1. The Labute approximate surface area is 164 Å². The monoisotopic (exact) mass is 395 g/mol. The molecule has 1 amide bonds. The molecule has 1 aromatic heterocycles. The molecular weight excluding hydrogens is 366 g/mol. The van der Waals surface area contributed by atoms with E-state index in [1.54, 1.807) is 23.2 Å². The lowest BCUT2D eigenvalue weighted by Crippen LogP contribution is -2.42. The summed E-state index contributed by atoms with van der Waals surface area (Å²) < 4.78 is 9.83. The summed E-state index contributed by atoms with van der Waals surface area (Å²) in [6.07, 6.45) is 0.432. The van der Waals surface area contributed by atoms with E-state index in [0.717, 1.165) is 4.88 Å². The van der Waals surface area contributed by atoms with Gasteiger partial charge in [-0.1, -0.05) is 20.8 Å². The highest BCUT2D eigenvalue weighted by molar-refractivity contribution is 7.12. The van der Waals surface area contributed by atoms with Gasteiger partial charge in [-0.3, -0.25) is 9.59 Å². The van der Waals surface area contributed by atoms with E-state index in [9.17, 15) is 14.4 Å². The van der Waals surface area contributed by atoms with Gasteiger partial charge in [0.25, 0.3) is 0 Å². The van der Waals surface area contributed by atoms with Crippen molar-refractivity contribution in [1.29, 1.82) is 0 Å². The topological polar surface area (TPSA) is 72.9 Å². The summed E-state index contributed by atoms with van der Waals surface area (Å²) >= 11 is 1.66. The number of carbonyl (C=O) groups is 3. The van der Waals surface area contributed by atoms with Gasteiger partial charge in [0.05, 0.1) is 19.8 Å². The van der Waals surface area contributed by atoms with Crippen molar-refractivity contribution in [3.05, 3.63) is 21.9 Å². The van der Waals surface area contributed by atoms with Crippen LogP contribution in [0.25, 0.3) is 0 Å². The number of ketones is 1. The van der Waals surface area contributed by atoms with E-state index in [-0.39, 0.29) is 42.3 Å². The number of nitrogens with zero attached hydrogens (tertiary/aromatic N) is 1. The zero-order valence-electron chi connectivity index (χ0n) is 16.7. The van der Waals surface area contributed by atoms with Gasteiger partial charge in [0, 0.05) is 22.2 Å². The normalized spacial score (nSPS) is 20.3. The predicted molar refractivity (Wildman–Crippen MR) is 104 cm³/mol. The molecule has 0 radical (unpaired) electrons. The lowest BCUT2D eigenvalue weighted by molar-refractivity contribution is -0.146. The minimum absolute atomic E-state index is 0.0206. The maximum atomic E-state index is 12.5. The van der Waals surface area contributed by atoms with Crippen molar-refractivity contribution in [1.82, 2.24) is 4.90 Å². The fourth-order valence-electron chi connectivity index (χ4n) is 3.30. The van der Waals surface area contributed by atoms with Crippen LogP contribution >= 0.6 is 11.3 Å². The average molecular weight is 396 g/mol. The summed E-state index contributed by atoms with van der Waals surface area (Å²) in [6.45, 7) is 8.85. The van der Waals surface area contributed by atoms with Crippen LogP contribution in [-0.4, -0.2) is 43.0 Å². The van der Waals surface area contributed by atoms with E-state index in [1.165, 1.54) is 12.0 Å². The molecule has 1 aliphatic rings. The third kappa shape index (κ3) is 5.31. The van der Waals surface area contributed by atoms with Crippen LogP contribution in [0.1, 0.15) is 62.8 Å². The zero-order valence-corrected chi connectivity index (χ0v) is 17.6. The number of Topliss-reactive ketones (excluding diaryl/α,β-unsaturated/α-hetero) is 1. The maximum Gasteiger partial charge on any atom is 0.410 e. The van der Waals surface area contributed by atoms with Crippen molar-refractivity contribution in [2.75, 3.05) is 20.3 Å². The van der Waals surface area contributed by atoms with Crippen LogP contribution in [0, 0.1) is 5.92 Å². The third-order valence-electron chi connectivity index (χ3n) is 4.79. The SMILES string of the molecule is CCOC(=O)CC(=O)C1CCN(C(=O)OC)C(c2ccc(C(C)(C)C)s2)C1. The Morgan fingerprint density at radius 3 is 2.52 bits per heavy atom. The number of likely N-dealkylation sites (tertiary alicyclic amines) is 1. The molecule has 1 aromatic rings. The number of thiophene rings is 1. The molecule has 1 saturated heterocycles. The molecule has 6 nitrogen and oxygen atoms in total. The van der Waals surface area contributed by atoms with Gasteiger partial charge < -0.3 is 14.4 Å². The highest BCUT2D eigenvalue weighted by atomic mass is 32.1. The Kier molecular flexibility index (Phi) is 7.03. The minimum Gasteiger partial charge on any atom is -0.466 e. The van der Waals surface area contributed by atoms with Gasteiger partial charge in [-0.25, -0.2) is 4.79 Å². The third-order valence-corrected chi connectivity index (χ3v) is 6.40. The molecule has 2 heterocycles. The largest absolute Gasteiger partial charge is 0.466 e. The molecule has 1 fully saturated rings. The van der Waals surface area contributed by atoms with Gasteiger partial charge in [0.1, 0.15) is 12.2 Å². The quantitative estimate of drug-likeness (QED) is 0.555. The summed E-state index contributed by atoms with van der Waals surface area (Å²) in [5, 5.41) is 0. The smallest absolute Gasteiger partial charge is 0.410 e. The fraction of sp³-hybridized carbons (Fsp3) is 0.650. The number of hydrogen-bond donors (Lipinski definition) is 0. The summed E-state index contributed by atoms with van der Waals surface area (Å²) in [7, 11) is 1.37. The Bertz CT molecular complexity index is 691. The second kappa shape index (κ2) is 8.87. The fourth-order valence-corrected chi connectivity index (χ4v) is 4.49. The summed E-state index contributed by atoms with van der Waals surface area (Å²) in [6, 6.07) is 3.90. The molecule has 0 bridgehead atoms. The van der Waals surface area contributed by atoms with Crippen molar-refractivity contribution in [2.24, 2.45) is 5.92 Å². The van der Waals surface area contributed by atoms with Gasteiger partial charge in [0.15, 0.2) is 0 Å². The number of carbonyl (C=O) groups excluding carboxylic acids is 3. The number of amides is 1. The molecule has 1 aliphatic heterocycles. The first kappa shape index (κ1) is 21.4. The van der Waals surface area contributed by atoms with Crippen molar-refractivity contribution in [2.45, 2.75) is 58.4 Å². The number of esters is 1. The van der Waals surface area contributed by atoms with Crippen LogP contribution < -0.4 is 0 Å². The van der Waals surface area contributed by atoms with E-state index < -0.39 is 5.97 Å². The number of piperidine rings is 1. The molecule has 0 spiro atoms. The van der Waals surface area contributed by atoms with Crippen LogP contribution in [0.4, 0.5) is 4.79 Å². The minimum atomic E-state index is -0.486. The van der Waals surface area contributed by atoms with E-state index in [1.807, 2.05) is 6.07 Å². The van der Waals surface area contributed by atoms with E-state index in [0.29, 0.717) is 19.4 Å². The molecule has 0 aliphatic carbocycles. The van der Waals surface area contributed by atoms with Crippen molar-refractivity contribution >= 4 is 29.2 Å². The van der Waals surface area contributed by atoms with Crippen LogP contribution in [0.5, 0.6) is 0 Å². The molecule has 0 aromatic carbocycles. The highest BCUT2D eigenvalue weighted by Crippen LogP contribution is 2.40. The first-order chi connectivity index (χ1) is 12.7. The lowest BCUT2D eigenvalue weighted by atomic mass is 9.86. The number of ether oxygens (including phenoxy) is 2. The summed E-state index contributed by atoms with van der Waals surface area (Å²) in [4.78, 5) is 40.4. The van der Waals surface area contributed by atoms with E-state index >= 15 is 0 Å². The second-order valence-corrected chi connectivity index (χ2v) is 8.92. The van der Waals surface area contributed by atoms with Crippen molar-refractivity contribution in [3.8, 4) is 0 Å². The van der Waals surface area contributed by atoms with Crippen LogP contribution in [0.3, 0.4) is 0 Å². The van der Waals surface area contributed by atoms with Gasteiger partial charge in [-0.2, -0.15) is 0 Å². The van der Waals surface area contributed by atoms with Crippen LogP contribution in [-0.2, 0) is 24.5 Å². The zero-order chi connectivity index (χ0) is 20.2. The molecular formula is C20H29NO5S. The standard InChI is InChI=1S/C20H29NO5S/c1-6-26-18(23)12-15(22)13-9-10-21(19(24)25-5)14(11-13)16-7-8-17(27-16)20(2,3)4/h7-8,13-14H,6,9-12H2,1-5H3. The van der Waals surface area contributed by atoms with Gasteiger partial charge in [-0.05, 0) is 37.3 Å². The average Bonchev–Trinajstić information content (AvgIpc) is 3.11. The van der Waals surface area contributed by atoms with Gasteiger partial charge in [0.2, 0.25) is 0 Å². The summed E-state index contributed by atoms with van der Waals surface area (Å²) in [5.41, 5.74) is 0.0206. The molecule has 27 heavy (non-hydrogen) atoms. The van der Waals surface area contributed by atoms with Crippen LogP contribution in [0.2, 0.25) is 0 Å². The molecule has 2 atom stereocenters. The second-order valence-electron chi connectivity index (χ2n) is 7.80.